The fourth-order valence-electron chi connectivity index (χ4n) is 1.58. The molecule has 0 bridgehead atoms. The van der Waals surface area contributed by atoms with Gasteiger partial charge in [0.05, 0.1) is 19.0 Å². The topological polar surface area (TPSA) is 52.6 Å². The summed E-state index contributed by atoms with van der Waals surface area (Å²) in [7, 11) is 1.22. The van der Waals surface area contributed by atoms with Gasteiger partial charge in [0.15, 0.2) is 11.5 Å². The van der Waals surface area contributed by atoms with Gasteiger partial charge in [-0.05, 0) is 6.07 Å². The molecule has 0 amide bonds. The van der Waals surface area contributed by atoms with Crippen molar-refractivity contribution in [1.29, 1.82) is 0 Å². The largest absolute Gasteiger partial charge is 0.489 e. The molecule has 0 aliphatic carbocycles. The van der Waals surface area contributed by atoms with Crippen molar-refractivity contribution in [1.82, 2.24) is 0 Å². The highest BCUT2D eigenvalue weighted by molar-refractivity contribution is 8.13. The van der Waals surface area contributed by atoms with Crippen LogP contribution in [0.25, 0.3) is 0 Å². The summed E-state index contributed by atoms with van der Waals surface area (Å²) in [6.07, 6.45) is 0.635. The second-order valence-electron chi connectivity index (χ2n) is 3.72. The first-order valence-electron chi connectivity index (χ1n) is 5.07. The van der Waals surface area contributed by atoms with Crippen molar-refractivity contribution in [3.05, 3.63) is 22.5 Å². The van der Waals surface area contributed by atoms with Crippen molar-refractivity contribution in [3.8, 4) is 11.5 Å². The second-order valence-corrected chi connectivity index (χ2v) is 6.88. The third-order valence-electron chi connectivity index (χ3n) is 2.32. The molecule has 1 heterocycles. The average molecular weight is 315 g/mol. The van der Waals surface area contributed by atoms with Gasteiger partial charge in [-0.25, -0.2) is 12.8 Å². The van der Waals surface area contributed by atoms with Crippen LogP contribution in [0.2, 0.25) is 5.02 Å². The molecule has 1 aromatic carbocycles. The molecule has 0 spiro atoms. The fraction of sp³-hybridized carbons (Fsp3) is 0.400. The highest BCUT2D eigenvalue weighted by Gasteiger charge is 2.23. The van der Waals surface area contributed by atoms with Gasteiger partial charge in [-0.2, -0.15) is 0 Å². The lowest BCUT2D eigenvalue weighted by molar-refractivity contribution is 0.296. The van der Waals surface area contributed by atoms with Crippen molar-refractivity contribution in [2.75, 3.05) is 13.2 Å². The summed E-state index contributed by atoms with van der Waals surface area (Å²) in [6, 6.07) is 1.25. The first-order valence-corrected chi connectivity index (χ1v) is 7.93. The Morgan fingerprint density at radius 3 is 2.67 bits per heavy atom. The fourth-order valence-corrected chi connectivity index (χ4v) is 2.79. The van der Waals surface area contributed by atoms with Gasteiger partial charge in [0.1, 0.15) is 10.8 Å². The van der Waals surface area contributed by atoms with Crippen LogP contribution in [-0.4, -0.2) is 21.6 Å². The quantitative estimate of drug-likeness (QED) is 0.788. The van der Waals surface area contributed by atoms with E-state index in [4.69, 9.17) is 31.8 Å². The van der Waals surface area contributed by atoms with Crippen molar-refractivity contribution in [3.63, 3.8) is 0 Å². The maximum absolute atomic E-state index is 13.9. The highest BCUT2D eigenvalue weighted by atomic mass is 35.7. The van der Waals surface area contributed by atoms with Crippen LogP contribution in [0.15, 0.2) is 6.07 Å². The van der Waals surface area contributed by atoms with Crippen LogP contribution in [0.4, 0.5) is 4.39 Å². The molecular weight excluding hydrogens is 306 g/mol. The number of benzene rings is 1. The first kappa shape index (κ1) is 13.7. The Hall–Kier alpha value is -0.720. The van der Waals surface area contributed by atoms with E-state index in [0.29, 0.717) is 19.6 Å². The summed E-state index contributed by atoms with van der Waals surface area (Å²) in [5.41, 5.74) is -0.140. The zero-order valence-electron chi connectivity index (χ0n) is 9.08. The zero-order chi connectivity index (χ0) is 13.3. The van der Waals surface area contributed by atoms with Crippen LogP contribution in [0, 0.1) is 5.82 Å². The van der Waals surface area contributed by atoms with Gasteiger partial charge in [0.2, 0.25) is 9.05 Å². The lowest BCUT2D eigenvalue weighted by Gasteiger charge is -2.12. The average Bonchev–Trinajstić information content (AvgIpc) is 2.49. The van der Waals surface area contributed by atoms with E-state index in [9.17, 15) is 12.8 Å². The molecule has 0 fully saturated rings. The molecule has 0 atom stereocenters. The van der Waals surface area contributed by atoms with Crippen molar-refractivity contribution in [2.24, 2.45) is 0 Å². The Morgan fingerprint density at radius 2 is 2.00 bits per heavy atom. The number of hydrogen-bond acceptors (Lipinski definition) is 4. The number of fused-ring (bicyclic) bond motifs is 1. The predicted octanol–water partition coefficient (Wildman–Crippen LogP) is 2.71. The normalized spacial score (nSPS) is 15.3. The number of rotatable bonds is 2. The number of ether oxygens (including phenoxy) is 2. The minimum atomic E-state index is -3.87. The van der Waals surface area contributed by atoms with Crippen molar-refractivity contribution < 1.29 is 22.3 Å². The molecule has 1 aliphatic rings. The van der Waals surface area contributed by atoms with Gasteiger partial charge in [-0.15, -0.1) is 0 Å². The minimum absolute atomic E-state index is 0.0994. The number of hydrogen-bond donors (Lipinski definition) is 0. The summed E-state index contributed by atoms with van der Waals surface area (Å²) in [6.45, 7) is 0.751. The number of halogens is 3. The highest BCUT2D eigenvalue weighted by Crippen LogP contribution is 2.40. The van der Waals surface area contributed by atoms with E-state index in [0.717, 1.165) is 0 Å². The van der Waals surface area contributed by atoms with Crippen LogP contribution in [-0.2, 0) is 14.8 Å². The predicted molar refractivity (Wildman–Crippen MR) is 65.5 cm³/mol. The SMILES string of the molecule is O=S(=O)(Cl)Cc1cc2c(c(Cl)c1F)OCCCO2. The Bertz CT molecular complexity index is 574. The van der Waals surface area contributed by atoms with Crippen LogP contribution >= 0.6 is 22.3 Å². The molecule has 0 N–H and O–H groups in total. The molecule has 2 rings (SSSR count). The molecule has 0 unspecified atom stereocenters. The van der Waals surface area contributed by atoms with Crippen LogP contribution < -0.4 is 9.47 Å². The maximum Gasteiger partial charge on any atom is 0.236 e. The molecule has 4 nitrogen and oxygen atoms in total. The molecule has 8 heteroatoms. The molecule has 0 aromatic heterocycles. The van der Waals surface area contributed by atoms with E-state index in [1.807, 2.05) is 0 Å². The minimum Gasteiger partial charge on any atom is -0.489 e. The van der Waals surface area contributed by atoms with Crippen LogP contribution in [0.1, 0.15) is 12.0 Å². The van der Waals surface area contributed by atoms with Gasteiger partial charge in [-0.3, -0.25) is 0 Å². The summed E-state index contributed by atoms with van der Waals surface area (Å²) in [5.74, 6) is -1.18. The maximum atomic E-state index is 13.9. The van der Waals surface area contributed by atoms with E-state index in [1.54, 1.807) is 0 Å². The van der Waals surface area contributed by atoms with Gasteiger partial charge in [0.25, 0.3) is 0 Å². The smallest absolute Gasteiger partial charge is 0.236 e. The third kappa shape index (κ3) is 2.99. The van der Waals surface area contributed by atoms with Crippen molar-refractivity contribution in [2.45, 2.75) is 12.2 Å². The van der Waals surface area contributed by atoms with Gasteiger partial charge in [0, 0.05) is 22.7 Å². The zero-order valence-corrected chi connectivity index (χ0v) is 11.4. The van der Waals surface area contributed by atoms with E-state index < -0.39 is 20.6 Å². The second kappa shape index (κ2) is 5.11. The Kier molecular flexibility index (Phi) is 3.89. The van der Waals surface area contributed by atoms with E-state index >= 15 is 0 Å². The summed E-state index contributed by atoms with van der Waals surface area (Å²) in [5, 5.41) is -0.287. The Balaban J connectivity index is 2.50. The lowest BCUT2D eigenvalue weighted by Crippen LogP contribution is -2.02. The van der Waals surface area contributed by atoms with Crippen LogP contribution in [0.5, 0.6) is 11.5 Å². The monoisotopic (exact) mass is 314 g/mol. The molecule has 18 heavy (non-hydrogen) atoms. The van der Waals surface area contributed by atoms with Crippen molar-refractivity contribution >= 4 is 31.3 Å². The van der Waals surface area contributed by atoms with Gasteiger partial charge < -0.3 is 9.47 Å². The molecule has 0 radical (unpaired) electrons. The van der Waals surface area contributed by atoms with Gasteiger partial charge in [-0.1, -0.05) is 11.6 Å². The third-order valence-corrected chi connectivity index (χ3v) is 3.64. The standard InChI is InChI=1S/C10H9Cl2FO4S/c11-8-9(13)6(5-18(12,14)15)4-7-10(8)17-3-1-2-16-7/h4H,1-3,5H2. The lowest BCUT2D eigenvalue weighted by atomic mass is 10.2. The molecular formula is C10H9Cl2FO4S. The van der Waals surface area contributed by atoms with Gasteiger partial charge >= 0.3 is 0 Å². The molecule has 0 saturated heterocycles. The van der Waals surface area contributed by atoms with E-state index in [1.165, 1.54) is 6.07 Å². The molecule has 0 saturated carbocycles. The molecule has 1 aliphatic heterocycles. The Labute approximate surface area is 113 Å². The van der Waals surface area contributed by atoms with E-state index in [2.05, 4.69) is 0 Å². The summed E-state index contributed by atoms with van der Waals surface area (Å²) < 4.78 is 46.4. The Morgan fingerprint density at radius 1 is 1.33 bits per heavy atom. The van der Waals surface area contributed by atoms with Crippen LogP contribution in [0.3, 0.4) is 0 Å². The summed E-state index contributed by atoms with van der Waals surface area (Å²) in [4.78, 5) is 0. The first-order chi connectivity index (χ1) is 8.38. The van der Waals surface area contributed by atoms with E-state index in [-0.39, 0.29) is 22.1 Å². The molecule has 1 aromatic rings. The molecule has 100 valence electrons. The summed E-state index contributed by atoms with van der Waals surface area (Å²) >= 11 is 5.80.